The second-order valence-electron chi connectivity index (χ2n) is 5.38. The molecule has 0 spiro atoms. The summed E-state index contributed by atoms with van der Waals surface area (Å²) >= 11 is 0. The highest BCUT2D eigenvalue weighted by Crippen LogP contribution is 2.23. The van der Waals surface area contributed by atoms with Crippen molar-refractivity contribution in [3.05, 3.63) is 35.6 Å². The van der Waals surface area contributed by atoms with Gasteiger partial charge in [0.25, 0.3) is 0 Å². The Kier molecular flexibility index (Phi) is 5.31. The minimum Gasteiger partial charge on any atom is -0.355 e. The molecular weight excluding hydrogens is 273 g/mol. The molecule has 2 rings (SSSR count). The van der Waals surface area contributed by atoms with Crippen molar-refractivity contribution in [2.75, 3.05) is 19.8 Å². The molecule has 0 radical (unpaired) electrons. The zero-order chi connectivity index (χ0) is 15.3. The van der Waals surface area contributed by atoms with Gasteiger partial charge in [0, 0.05) is 13.0 Å². The van der Waals surface area contributed by atoms with Crippen LogP contribution >= 0.6 is 0 Å². The Morgan fingerprint density at radius 3 is 2.52 bits per heavy atom. The summed E-state index contributed by atoms with van der Waals surface area (Å²) in [6.07, 6.45) is 1.28. The van der Waals surface area contributed by atoms with Crippen molar-refractivity contribution >= 4 is 5.91 Å². The number of nitrogens with one attached hydrogen (secondary N) is 1. The van der Waals surface area contributed by atoms with Crippen LogP contribution in [0.25, 0.3) is 0 Å². The fourth-order valence-electron chi connectivity index (χ4n) is 2.50. The molecule has 1 aliphatic rings. The third kappa shape index (κ3) is 4.25. The molecule has 5 heteroatoms. The van der Waals surface area contributed by atoms with E-state index in [0.717, 1.165) is 5.56 Å². The average Bonchev–Trinajstić information content (AvgIpc) is 2.89. The lowest BCUT2D eigenvalue weighted by Gasteiger charge is -2.23. The standard InChI is InChI=1S/C16H22FNO3/c1-3-14(12-4-6-13(17)7-5-12)15(19)18-9-8-16(2)20-10-11-21-16/h4-7,14H,3,8-11H2,1-2H3,(H,18,19). The smallest absolute Gasteiger partial charge is 0.227 e. The molecule has 1 atom stereocenters. The van der Waals surface area contributed by atoms with E-state index in [4.69, 9.17) is 9.47 Å². The maximum atomic E-state index is 12.9. The minimum absolute atomic E-state index is 0.0503. The number of carbonyl (C=O) groups excluding carboxylic acids is 1. The number of hydrogen-bond acceptors (Lipinski definition) is 3. The average molecular weight is 295 g/mol. The number of hydrogen-bond donors (Lipinski definition) is 1. The van der Waals surface area contributed by atoms with E-state index in [9.17, 15) is 9.18 Å². The summed E-state index contributed by atoms with van der Waals surface area (Å²) in [5.74, 6) is -1.20. The van der Waals surface area contributed by atoms with Crippen LogP contribution in [0.3, 0.4) is 0 Å². The molecule has 0 aromatic heterocycles. The van der Waals surface area contributed by atoms with Gasteiger partial charge in [0.2, 0.25) is 5.91 Å². The number of amides is 1. The van der Waals surface area contributed by atoms with Crippen LogP contribution in [0, 0.1) is 5.82 Å². The van der Waals surface area contributed by atoms with E-state index in [1.807, 2.05) is 13.8 Å². The van der Waals surface area contributed by atoms with E-state index in [1.54, 1.807) is 12.1 Å². The number of halogens is 1. The summed E-state index contributed by atoms with van der Waals surface area (Å²) < 4.78 is 23.9. The van der Waals surface area contributed by atoms with E-state index >= 15 is 0 Å². The first-order valence-corrected chi connectivity index (χ1v) is 7.35. The molecule has 1 aliphatic heterocycles. The predicted octanol–water partition coefficient (Wildman–Crippen LogP) is 2.59. The molecule has 1 heterocycles. The molecule has 0 bridgehead atoms. The topological polar surface area (TPSA) is 47.6 Å². The molecular formula is C16H22FNO3. The van der Waals surface area contributed by atoms with Crippen LogP contribution in [-0.4, -0.2) is 31.5 Å². The van der Waals surface area contributed by atoms with Gasteiger partial charge in [0.1, 0.15) is 5.82 Å². The van der Waals surface area contributed by atoms with E-state index in [2.05, 4.69) is 5.32 Å². The molecule has 1 amide bonds. The van der Waals surface area contributed by atoms with Crippen molar-refractivity contribution in [2.24, 2.45) is 0 Å². The second kappa shape index (κ2) is 7.00. The van der Waals surface area contributed by atoms with Crippen LogP contribution in [0.15, 0.2) is 24.3 Å². The quantitative estimate of drug-likeness (QED) is 0.877. The summed E-state index contributed by atoms with van der Waals surface area (Å²) in [5.41, 5.74) is 0.830. The predicted molar refractivity (Wildman–Crippen MR) is 77.4 cm³/mol. The Labute approximate surface area is 124 Å². The number of rotatable bonds is 6. The van der Waals surface area contributed by atoms with Gasteiger partial charge in [-0.15, -0.1) is 0 Å². The Morgan fingerprint density at radius 2 is 1.95 bits per heavy atom. The largest absolute Gasteiger partial charge is 0.355 e. The summed E-state index contributed by atoms with van der Waals surface area (Å²) in [4.78, 5) is 12.3. The van der Waals surface area contributed by atoms with Gasteiger partial charge in [0.05, 0.1) is 19.1 Å². The monoisotopic (exact) mass is 295 g/mol. The third-order valence-corrected chi connectivity index (χ3v) is 3.77. The van der Waals surface area contributed by atoms with Crippen LogP contribution in [-0.2, 0) is 14.3 Å². The fourth-order valence-corrected chi connectivity index (χ4v) is 2.50. The Hall–Kier alpha value is -1.46. The molecule has 1 saturated heterocycles. The summed E-state index contributed by atoms with van der Waals surface area (Å²) in [7, 11) is 0. The molecule has 1 fully saturated rings. The van der Waals surface area contributed by atoms with E-state index in [-0.39, 0.29) is 17.6 Å². The van der Waals surface area contributed by atoms with Gasteiger partial charge in [-0.1, -0.05) is 19.1 Å². The first-order chi connectivity index (χ1) is 10.0. The van der Waals surface area contributed by atoms with Crippen molar-refractivity contribution in [1.29, 1.82) is 0 Å². The Bertz CT molecular complexity index is 469. The fraction of sp³-hybridized carbons (Fsp3) is 0.562. The van der Waals surface area contributed by atoms with Gasteiger partial charge in [-0.05, 0) is 31.0 Å². The highest BCUT2D eigenvalue weighted by atomic mass is 19.1. The van der Waals surface area contributed by atoms with Gasteiger partial charge >= 0.3 is 0 Å². The van der Waals surface area contributed by atoms with E-state index < -0.39 is 5.79 Å². The third-order valence-electron chi connectivity index (χ3n) is 3.77. The van der Waals surface area contributed by atoms with Crippen molar-refractivity contribution < 1.29 is 18.7 Å². The van der Waals surface area contributed by atoms with Gasteiger partial charge in [-0.3, -0.25) is 4.79 Å². The first-order valence-electron chi connectivity index (χ1n) is 7.35. The van der Waals surface area contributed by atoms with Crippen molar-refractivity contribution in [3.8, 4) is 0 Å². The number of carbonyl (C=O) groups is 1. The van der Waals surface area contributed by atoms with Crippen LogP contribution in [0.4, 0.5) is 4.39 Å². The first kappa shape index (κ1) is 15.9. The summed E-state index contributed by atoms with van der Waals surface area (Å²) in [5, 5.41) is 2.91. The SMILES string of the molecule is CCC(C(=O)NCCC1(C)OCCO1)c1ccc(F)cc1. The van der Waals surface area contributed by atoms with Crippen LogP contribution in [0.2, 0.25) is 0 Å². The lowest BCUT2D eigenvalue weighted by atomic mass is 9.95. The van der Waals surface area contributed by atoms with Gasteiger partial charge in [0.15, 0.2) is 5.79 Å². The maximum absolute atomic E-state index is 12.9. The normalized spacial score (nSPS) is 18.4. The van der Waals surface area contributed by atoms with Gasteiger partial charge in [-0.2, -0.15) is 0 Å². The summed E-state index contributed by atoms with van der Waals surface area (Å²) in [6.45, 7) is 5.50. The molecule has 0 aliphatic carbocycles. The molecule has 4 nitrogen and oxygen atoms in total. The lowest BCUT2D eigenvalue weighted by Crippen LogP contribution is -2.35. The number of ether oxygens (including phenoxy) is 2. The zero-order valence-corrected chi connectivity index (χ0v) is 12.5. The van der Waals surface area contributed by atoms with Crippen LogP contribution < -0.4 is 5.32 Å². The molecule has 116 valence electrons. The number of benzene rings is 1. The second-order valence-corrected chi connectivity index (χ2v) is 5.38. The van der Waals surface area contributed by atoms with E-state index in [0.29, 0.717) is 32.6 Å². The zero-order valence-electron chi connectivity index (χ0n) is 12.5. The van der Waals surface area contributed by atoms with E-state index in [1.165, 1.54) is 12.1 Å². The minimum atomic E-state index is -0.592. The molecule has 1 unspecified atom stereocenters. The molecule has 1 aromatic rings. The van der Waals surface area contributed by atoms with Gasteiger partial charge < -0.3 is 14.8 Å². The lowest BCUT2D eigenvalue weighted by molar-refractivity contribution is -0.146. The van der Waals surface area contributed by atoms with Crippen LogP contribution in [0.1, 0.15) is 38.2 Å². The maximum Gasteiger partial charge on any atom is 0.227 e. The molecule has 21 heavy (non-hydrogen) atoms. The highest BCUT2D eigenvalue weighted by molar-refractivity contribution is 5.83. The molecule has 1 N–H and O–H groups in total. The molecule has 1 aromatic carbocycles. The van der Waals surface area contributed by atoms with Gasteiger partial charge in [-0.25, -0.2) is 4.39 Å². The van der Waals surface area contributed by atoms with Crippen molar-refractivity contribution in [2.45, 2.75) is 38.4 Å². The van der Waals surface area contributed by atoms with Crippen molar-refractivity contribution in [1.82, 2.24) is 5.32 Å². The molecule has 0 saturated carbocycles. The highest BCUT2D eigenvalue weighted by Gasteiger charge is 2.30. The van der Waals surface area contributed by atoms with Crippen LogP contribution in [0.5, 0.6) is 0 Å². The Balaban J connectivity index is 1.87. The summed E-state index contributed by atoms with van der Waals surface area (Å²) in [6, 6.07) is 6.08. The van der Waals surface area contributed by atoms with Crippen molar-refractivity contribution in [3.63, 3.8) is 0 Å². The Morgan fingerprint density at radius 1 is 1.33 bits per heavy atom.